The van der Waals surface area contributed by atoms with E-state index < -0.39 is 0 Å². The SMILES string of the molecule is CCCCN(C)CC1CCN(c2ncnc3sc4c(c23)CCCC4)CC1. The zero-order chi connectivity index (χ0) is 17.9. The molecule has 0 spiro atoms. The van der Waals surface area contributed by atoms with Crippen LogP contribution in [0.2, 0.25) is 0 Å². The predicted octanol–water partition coefficient (Wildman–Crippen LogP) is 4.52. The second kappa shape index (κ2) is 8.22. The zero-order valence-corrected chi connectivity index (χ0v) is 17.2. The van der Waals surface area contributed by atoms with Gasteiger partial charge in [-0.1, -0.05) is 13.3 Å². The minimum absolute atomic E-state index is 0.835. The predicted molar refractivity (Wildman–Crippen MR) is 111 cm³/mol. The third kappa shape index (κ3) is 3.74. The first-order valence-electron chi connectivity index (χ1n) is 10.4. The van der Waals surface area contributed by atoms with E-state index in [1.165, 1.54) is 80.5 Å². The number of piperidine rings is 1. The Morgan fingerprint density at radius 3 is 2.81 bits per heavy atom. The molecule has 2 aromatic rings. The second-order valence-electron chi connectivity index (χ2n) is 8.13. The van der Waals surface area contributed by atoms with Gasteiger partial charge in [-0.05, 0) is 70.0 Å². The number of hydrogen-bond acceptors (Lipinski definition) is 5. The maximum Gasteiger partial charge on any atom is 0.141 e. The average molecular weight is 373 g/mol. The van der Waals surface area contributed by atoms with Crippen molar-refractivity contribution >= 4 is 27.4 Å². The normalized spacial score (nSPS) is 18.7. The molecule has 0 radical (unpaired) electrons. The lowest BCUT2D eigenvalue weighted by atomic mass is 9.94. The van der Waals surface area contributed by atoms with E-state index in [0.717, 1.165) is 19.0 Å². The highest BCUT2D eigenvalue weighted by Gasteiger charge is 2.26. The number of hydrogen-bond donors (Lipinski definition) is 0. The Labute approximate surface area is 161 Å². The molecule has 1 fully saturated rings. The first-order chi connectivity index (χ1) is 12.8. The fourth-order valence-corrected chi connectivity index (χ4v) is 5.82. The van der Waals surface area contributed by atoms with Crippen molar-refractivity contribution in [1.82, 2.24) is 14.9 Å². The van der Waals surface area contributed by atoms with Gasteiger partial charge in [0, 0.05) is 24.5 Å². The summed E-state index contributed by atoms with van der Waals surface area (Å²) in [6.45, 7) is 7.05. The van der Waals surface area contributed by atoms with Gasteiger partial charge in [-0.15, -0.1) is 11.3 Å². The summed E-state index contributed by atoms with van der Waals surface area (Å²) in [6.07, 6.45) is 12.1. The van der Waals surface area contributed by atoms with Crippen molar-refractivity contribution in [3.63, 3.8) is 0 Å². The van der Waals surface area contributed by atoms with Gasteiger partial charge >= 0.3 is 0 Å². The molecule has 3 heterocycles. The summed E-state index contributed by atoms with van der Waals surface area (Å²) in [5.74, 6) is 2.05. The van der Waals surface area contributed by atoms with Gasteiger partial charge < -0.3 is 9.80 Å². The Bertz CT molecular complexity index is 733. The molecule has 0 bridgehead atoms. The molecule has 2 aliphatic rings. The molecule has 5 heteroatoms. The van der Waals surface area contributed by atoms with Gasteiger partial charge in [-0.2, -0.15) is 0 Å². The largest absolute Gasteiger partial charge is 0.356 e. The first kappa shape index (κ1) is 18.2. The van der Waals surface area contributed by atoms with Crippen molar-refractivity contribution in [2.24, 2.45) is 5.92 Å². The van der Waals surface area contributed by atoms with Crippen LogP contribution in [0.5, 0.6) is 0 Å². The van der Waals surface area contributed by atoms with Crippen LogP contribution < -0.4 is 4.90 Å². The third-order valence-corrected chi connectivity index (χ3v) is 7.31. The van der Waals surface area contributed by atoms with Crippen LogP contribution in [-0.2, 0) is 12.8 Å². The molecular formula is C21H32N4S. The lowest BCUT2D eigenvalue weighted by Gasteiger charge is -2.35. The zero-order valence-electron chi connectivity index (χ0n) is 16.3. The van der Waals surface area contributed by atoms with Crippen molar-refractivity contribution in [1.29, 1.82) is 0 Å². The minimum atomic E-state index is 0.835. The number of thiophene rings is 1. The summed E-state index contributed by atoms with van der Waals surface area (Å²) in [4.78, 5) is 17.2. The highest BCUT2D eigenvalue weighted by molar-refractivity contribution is 7.19. The Hall–Kier alpha value is -1.20. The molecule has 0 N–H and O–H groups in total. The molecule has 4 rings (SSSR count). The second-order valence-corrected chi connectivity index (χ2v) is 9.22. The van der Waals surface area contributed by atoms with Crippen LogP contribution in [0, 0.1) is 5.92 Å². The van der Waals surface area contributed by atoms with Crippen LogP contribution >= 0.6 is 11.3 Å². The molecule has 1 aliphatic carbocycles. The maximum atomic E-state index is 4.75. The number of unbranched alkanes of at least 4 members (excludes halogenated alkanes) is 1. The molecular weight excluding hydrogens is 340 g/mol. The molecule has 0 atom stereocenters. The van der Waals surface area contributed by atoms with E-state index in [1.807, 2.05) is 11.3 Å². The smallest absolute Gasteiger partial charge is 0.141 e. The lowest BCUT2D eigenvalue weighted by molar-refractivity contribution is 0.246. The highest BCUT2D eigenvalue weighted by atomic mass is 32.1. The lowest BCUT2D eigenvalue weighted by Crippen LogP contribution is -2.38. The Morgan fingerprint density at radius 2 is 2.00 bits per heavy atom. The summed E-state index contributed by atoms with van der Waals surface area (Å²) in [6, 6.07) is 0. The van der Waals surface area contributed by atoms with Gasteiger partial charge in [0.1, 0.15) is 17.0 Å². The van der Waals surface area contributed by atoms with Crippen LogP contribution in [0.25, 0.3) is 10.2 Å². The number of fused-ring (bicyclic) bond motifs is 3. The Balaban J connectivity index is 1.45. The van der Waals surface area contributed by atoms with Gasteiger partial charge in [0.05, 0.1) is 5.39 Å². The van der Waals surface area contributed by atoms with E-state index in [-0.39, 0.29) is 0 Å². The number of rotatable bonds is 6. The molecule has 0 saturated carbocycles. The van der Waals surface area contributed by atoms with E-state index in [4.69, 9.17) is 4.98 Å². The summed E-state index contributed by atoms with van der Waals surface area (Å²) in [5.41, 5.74) is 1.56. The standard InChI is InChI=1S/C21H32N4S/c1-3-4-11-24(2)14-16-9-12-25(13-10-16)20-19-17-7-5-6-8-18(17)26-21(19)23-15-22-20/h15-16H,3-14H2,1-2H3. The van der Waals surface area contributed by atoms with Crippen LogP contribution in [0.3, 0.4) is 0 Å². The van der Waals surface area contributed by atoms with E-state index in [0.29, 0.717) is 0 Å². The van der Waals surface area contributed by atoms with Gasteiger partial charge in [0.25, 0.3) is 0 Å². The summed E-state index contributed by atoms with van der Waals surface area (Å²) in [7, 11) is 2.29. The molecule has 26 heavy (non-hydrogen) atoms. The average Bonchev–Trinajstić information content (AvgIpc) is 3.06. The molecule has 2 aromatic heterocycles. The number of nitrogens with zero attached hydrogens (tertiary/aromatic N) is 4. The quantitative estimate of drug-likeness (QED) is 0.746. The molecule has 0 unspecified atom stereocenters. The van der Waals surface area contributed by atoms with Crippen LogP contribution in [0.15, 0.2) is 6.33 Å². The number of anilines is 1. The van der Waals surface area contributed by atoms with E-state index in [1.54, 1.807) is 16.8 Å². The topological polar surface area (TPSA) is 32.3 Å². The van der Waals surface area contributed by atoms with Crippen molar-refractivity contribution in [2.45, 2.75) is 58.3 Å². The summed E-state index contributed by atoms with van der Waals surface area (Å²) >= 11 is 1.91. The fraction of sp³-hybridized carbons (Fsp3) is 0.714. The summed E-state index contributed by atoms with van der Waals surface area (Å²) in [5, 5.41) is 1.38. The Morgan fingerprint density at radius 1 is 1.19 bits per heavy atom. The minimum Gasteiger partial charge on any atom is -0.356 e. The van der Waals surface area contributed by atoms with Gasteiger partial charge in [0.2, 0.25) is 0 Å². The van der Waals surface area contributed by atoms with Crippen molar-refractivity contribution in [3.8, 4) is 0 Å². The molecule has 142 valence electrons. The third-order valence-electron chi connectivity index (χ3n) is 6.11. The van der Waals surface area contributed by atoms with Crippen molar-refractivity contribution in [2.75, 3.05) is 38.1 Å². The fourth-order valence-electron chi connectivity index (χ4n) is 4.60. The van der Waals surface area contributed by atoms with Crippen molar-refractivity contribution < 1.29 is 0 Å². The maximum absolute atomic E-state index is 4.75. The number of aryl methyl sites for hydroxylation is 2. The molecule has 0 aromatic carbocycles. The van der Waals surface area contributed by atoms with Crippen LogP contribution in [0.4, 0.5) is 5.82 Å². The van der Waals surface area contributed by atoms with Crippen molar-refractivity contribution in [3.05, 3.63) is 16.8 Å². The van der Waals surface area contributed by atoms with E-state index >= 15 is 0 Å². The number of aromatic nitrogens is 2. The Kier molecular flexibility index (Phi) is 5.75. The van der Waals surface area contributed by atoms with Crippen LogP contribution in [-0.4, -0.2) is 48.1 Å². The molecule has 4 nitrogen and oxygen atoms in total. The van der Waals surface area contributed by atoms with Gasteiger partial charge in [-0.3, -0.25) is 0 Å². The summed E-state index contributed by atoms with van der Waals surface area (Å²) < 4.78 is 0. The molecule has 1 aliphatic heterocycles. The van der Waals surface area contributed by atoms with Gasteiger partial charge in [0.15, 0.2) is 0 Å². The highest BCUT2D eigenvalue weighted by Crippen LogP contribution is 2.40. The van der Waals surface area contributed by atoms with Gasteiger partial charge in [-0.25, -0.2) is 9.97 Å². The molecule has 0 amide bonds. The first-order valence-corrected chi connectivity index (χ1v) is 11.3. The molecule has 1 saturated heterocycles. The monoisotopic (exact) mass is 372 g/mol. The van der Waals surface area contributed by atoms with E-state index in [2.05, 4.69) is 28.8 Å². The van der Waals surface area contributed by atoms with E-state index in [9.17, 15) is 0 Å². The van der Waals surface area contributed by atoms with Crippen LogP contribution in [0.1, 0.15) is 55.9 Å².